The van der Waals surface area contributed by atoms with Gasteiger partial charge in [0.15, 0.2) is 5.65 Å². The topological polar surface area (TPSA) is 68.2 Å². The highest BCUT2D eigenvalue weighted by atomic mass is 15.3. The summed E-state index contributed by atoms with van der Waals surface area (Å²) < 4.78 is 1.96. The molecular formula is C14H21N5. The molecule has 0 saturated heterocycles. The lowest BCUT2D eigenvalue weighted by Crippen LogP contribution is -2.19. The predicted octanol–water partition coefficient (Wildman–Crippen LogP) is 1.54. The number of hydrogen-bond acceptors (Lipinski definition) is 4. The average Bonchev–Trinajstić information content (AvgIpc) is 2.86. The number of nitrogens with two attached hydrogens (primary N) is 1. The van der Waals surface area contributed by atoms with Crippen LogP contribution in [0.3, 0.4) is 0 Å². The summed E-state index contributed by atoms with van der Waals surface area (Å²) >= 11 is 0. The van der Waals surface area contributed by atoms with Crippen LogP contribution in [0.2, 0.25) is 0 Å². The molecule has 0 atom stereocenters. The van der Waals surface area contributed by atoms with E-state index in [-0.39, 0.29) is 0 Å². The number of aromatic nitrogens is 3. The van der Waals surface area contributed by atoms with E-state index >= 15 is 0 Å². The first-order valence-corrected chi connectivity index (χ1v) is 7.17. The van der Waals surface area contributed by atoms with Gasteiger partial charge in [-0.2, -0.15) is 9.61 Å². The minimum Gasteiger partial charge on any atom is -0.368 e. The summed E-state index contributed by atoms with van der Waals surface area (Å²) in [6, 6.07) is 2.09. The molecule has 5 nitrogen and oxygen atoms in total. The van der Waals surface area contributed by atoms with Crippen LogP contribution in [-0.4, -0.2) is 27.7 Å². The minimum absolute atomic E-state index is 0.625. The molecule has 0 bridgehead atoms. The smallest absolute Gasteiger partial charge is 0.157 e. The molecule has 0 saturated carbocycles. The van der Waals surface area contributed by atoms with Crippen LogP contribution in [0.5, 0.6) is 0 Å². The van der Waals surface area contributed by atoms with Gasteiger partial charge < -0.3 is 11.1 Å². The van der Waals surface area contributed by atoms with Crippen molar-refractivity contribution < 1.29 is 0 Å². The van der Waals surface area contributed by atoms with Crippen LogP contribution < -0.4 is 11.1 Å². The Labute approximate surface area is 113 Å². The molecular weight excluding hydrogens is 238 g/mol. The van der Waals surface area contributed by atoms with Crippen LogP contribution in [0.25, 0.3) is 5.65 Å². The van der Waals surface area contributed by atoms with Crippen molar-refractivity contribution in [3.05, 3.63) is 23.0 Å². The second-order valence-electron chi connectivity index (χ2n) is 5.07. The Bertz CT molecular complexity index is 587. The number of aryl methyl sites for hydroxylation is 2. The fraction of sp³-hybridized carbons (Fsp3) is 0.571. The lowest BCUT2D eigenvalue weighted by atomic mass is 9.96. The van der Waals surface area contributed by atoms with Crippen LogP contribution >= 0.6 is 0 Å². The zero-order chi connectivity index (χ0) is 13.2. The number of fused-ring (bicyclic) bond motifs is 2. The second kappa shape index (κ2) is 5.17. The van der Waals surface area contributed by atoms with Crippen LogP contribution in [0.4, 0.5) is 5.82 Å². The third-order valence-electron chi connectivity index (χ3n) is 3.73. The fourth-order valence-electron chi connectivity index (χ4n) is 2.74. The summed E-state index contributed by atoms with van der Waals surface area (Å²) in [5, 5.41) is 8.08. The molecule has 102 valence electrons. The first kappa shape index (κ1) is 12.4. The molecule has 3 rings (SSSR count). The van der Waals surface area contributed by atoms with Gasteiger partial charge in [0.05, 0.1) is 5.69 Å². The maximum atomic E-state index is 5.62. The zero-order valence-corrected chi connectivity index (χ0v) is 11.4. The largest absolute Gasteiger partial charge is 0.368 e. The van der Waals surface area contributed by atoms with Crippen LogP contribution in [0, 0.1) is 0 Å². The summed E-state index contributed by atoms with van der Waals surface area (Å²) in [5.41, 5.74) is 10.2. The van der Waals surface area contributed by atoms with Crippen LogP contribution in [-0.2, 0) is 19.3 Å². The first-order chi connectivity index (χ1) is 9.33. The normalized spacial score (nSPS) is 14.6. The van der Waals surface area contributed by atoms with Crippen molar-refractivity contribution in [1.82, 2.24) is 14.6 Å². The van der Waals surface area contributed by atoms with Crippen LogP contribution in [0.15, 0.2) is 6.07 Å². The van der Waals surface area contributed by atoms with Gasteiger partial charge in [-0.1, -0.05) is 6.92 Å². The molecule has 2 aromatic rings. The van der Waals surface area contributed by atoms with Crippen molar-refractivity contribution in [3.8, 4) is 0 Å². The maximum Gasteiger partial charge on any atom is 0.157 e. The highest BCUT2D eigenvalue weighted by Gasteiger charge is 2.19. The SMILES string of the molecule is CCc1cc2nc3c(c(NCCN)n2n1)CCCC3. The van der Waals surface area contributed by atoms with Gasteiger partial charge in [-0.3, -0.25) is 0 Å². The van der Waals surface area contributed by atoms with Gasteiger partial charge in [0.1, 0.15) is 5.82 Å². The standard InChI is InChI=1S/C14H21N5/c1-2-10-9-13-17-12-6-4-3-5-11(12)14(16-8-7-15)19(13)18-10/h9,16H,2-8,15H2,1H3. The molecule has 0 unspecified atom stereocenters. The van der Waals surface area contributed by atoms with Gasteiger partial charge in [-0.25, -0.2) is 4.98 Å². The third kappa shape index (κ3) is 2.18. The second-order valence-corrected chi connectivity index (χ2v) is 5.07. The Morgan fingerprint density at radius 2 is 2.21 bits per heavy atom. The van der Waals surface area contributed by atoms with Crippen molar-refractivity contribution in [2.75, 3.05) is 18.4 Å². The number of anilines is 1. The molecule has 19 heavy (non-hydrogen) atoms. The van der Waals surface area contributed by atoms with Gasteiger partial charge in [0.2, 0.25) is 0 Å². The van der Waals surface area contributed by atoms with Gasteiger partial charge >= 0.3 is 0 Å². The van der Waals surface area contributed by atoms with Crippen molar-refractivity contribution in [2.45, 2.75) is 39.0 Å². The summed E-state index contributed by atoms with van der Waals surface area (Å²) in [6.07, 6.45) is 5.58. The monoisotopic (exact) mass is 259 g/mol. The molecule has 1 aliphatic rings. The molecule has 0 fully saturated rings. The first-order valence-electron chi connectivity index (χ1n) is 7.17. The highest BCUT2D eigenvalue weighted by molar-refractivity contribution is 5.57. The average molecular weight is 259 g/mol. The molecule has 0 amide bonds. The van der Waals surface area contributed by atoms with Gasteiger partial charge in [0.25, 0.3) is 0 Å². The predicted molar refractivity (Wildman–Crippen MR) is 76.6 cm³/mol. The number of rotatable bonds is 4. The zero-order valence-electron chi connectivity index (χ0n) is 11.4. The molecule has 5 heteroatoms. The molecule has 0 aromatic carbocycles. The Balaban J connectivity index is 2.16. The van der Waals surface area contributed by atoms with E-state index in [1.807, 2.05) is 4.52 Å². The fourth-order valence-corrected chi connectivity index (χ4v) is 2.74. The summed E-state index contributed by atoms with van der Waals surface area (Å²) in [7, 11) is 0. The van der Waals surface area contributed by atoms with Crippen molar-refractivity contribution in [2.24, 2.45) is 5.73 Å². The highest BCUT2D eigenvalue weighted by Crippen LogP contribution is 2.27. The Morgan fingerprint density at radius 1 is 1.37 bits per heavy atom. The molecule has 2 aromatic heterocycles. The van der Waals surface area contributed by atoms with E-state index < -0.39 is 0 Å². The van der Waals surface area contributed by atoms with E-state index in [0.717, 1.165) is 43.0 Å². The molecule has 0 spiro atoms. The van der Waals surface area contributed by atoms with E-state index in [9.17, 15) is 0 Å². The van der Waals surface area contributed by atoms with E-state index in [1.54, 1.807) is 0 Å². The van der Waals surface area contributed by atoms with E-state index in [1.165, 1.54) is 24.1 Å². The Kier molecular flexibility index (Phi) is 3.38. The summed E-state index contributed by atoms with van der Waals surface area (Å²) in [4.78, 5) is 4.78. The summed E-state index contributed by atoms with van der Waals surface area (Å²) in [6.45, 7) is 3.52. The Hall–Kier alpha value is -1.62. The van der Waals surface area contributed by atoms with Gasteiger partial charge in [-0.15, -0.1) is 0 Å². The number of nitrogens with one attached hydrogen (secondary N) is 1. The van der Waals surface area contributed by atoms with Crippen molar-refractivity contribution in [1.29, 1.82) is 0 Å². The van der Waals surface area contributed by atoms with Gasteiger partial charge in [-0.05, 0) is 32.1 Å². The van der Waals surface area contributed by atoms with Crippen LogP contribution in [0.1, 0.15) is 36.7 Å². The molecule has 0 aliphatic heterocycles. The number of hydrogen-bond donors (Lipinski definition) is 2. The number of nitrogens with zero attached hydrogens (tertiary/aromatic N) is 3. The molecule has 3 N–H and O–H groups in total. The van der Waals surface area contributed by atoms with E-state index in [0.29, 0.717) is 6.54 Å². The lowest BCUT2D eigenvalue weighted by molar-refractivity contribution is 0.660. The maximum absolute atomic E-state index is 5.62. The summed E-state index contributed by atoms with van der Waals surface area (Å²) in [5.74, 6) is 1.10. The van der Waals surface area contributed by atoms with E-state index in [4.69, 9.17) is 10.7 Å². The van der Waals surface area contributed by atoms with Crippen molar-refractivity contribution in [3.63, 3.8) is 0 Å². The van der Waals surface area contributed by atoms with E-state index in [2.05, 4.69) is 23.4 Å². The quantitative estimate of drug-likeness (QED) is 0.874. The third-order valence-corrected chi connectivity index (χ3v) is 3.73. The minimum atomic E-state index is 0.625. The molecule has 1 aliphatic carbocycles. The molecule has 0 radical (unpaired) electrons. The lowest BCUT2D eigenvalue weighted by Gasteiger charge is -2.20. The molecule has 2 heterocycles. The van der Waals surface area contributed by atoms with Crippen molar-refractivity contribution >= 4 is 11.5 Å². The Morgan fingerprint density at radius 3 is 3.00 bits per heavy atom. The van der Waals surface area contributed by atoms with Gasteiger partial charge in [0, 0.05) is 30.4 Å².